The Kier molecular flexibility index (Phi) is 6.69. The predicted molar refractivity (Wildman–Crippen MR) is 101 cm³/mol. The lowest BCUT2D eigenvalue weighted by Gasteiger charge is -2.31. The number of hydrogen-bond acceptors (Lipinski definition) is 7. The molecule has 11 heteroatoms. The van der Waals surface area contributed by atoms with Crippen molar-refractivity contribution in [3.8, 4) is 0 Å². The van der Waals surface area contributed by atoms with E-state index in [9.17, 15) is 13.2 Å². The fourth-order valence-corrected chi connectivity index (χ4v) is 5.17. The number of morpholine rings is 1. The number of hydrogen-bond donors (Lipinski definition) is 0. The molecule has 0 radical (unpaired) electrons. The van der Waals surface area contributed by atoms with Crippen LogP contribution < -0.4 is 0 Å². The highest BCUT2D eigenvalue weighted by Crippen LogP contribution is 2.22. The first kappa shape index (κ1) is 21.2. The van der Waals surface area contributed by atoms with Crippen LogP contribution in [0.5, 0.6) is 0 Å². The molecule has 2 aliphatic rings. The van der Waals surface area contributed by atoms with Gasteiger partial charge in [0, 0.05) is 58.0 Å². The smallest absolute Gasteiger partial charge is 0.282 e. The standard InChI is InChI=1S/C17H29N5O5S/c1-13(2)17-18-16(19-27-17)5-7-22(14(3)23)15-4-6-21(12-15)28(24,25)20-8-10-26-11-9-20/h13,15H,4-12H2,1-3H3. The zero-order valence-electron chi connectivity index (χ0n) is 16.7. The minimum Gasteiger partial charge on any atom is -0.379 e. The van der Waals surface area contributed by atoms with Gasteiger partial charge in [0.1, 0.15) is 0 Å². The van der Waals surface area contributed by atoms with Gasteiger partial charge in [-0.2, -0.15) is 22.0 Å². The van der Waals surface area contributed by atoms with Crippen molar-refractivity contribution in [3.05, 3.63) is 11.7 Å². The first-order valence-corrected chi connectivity index (χ1v) is 11.1. The summed E-state index contributed by atoms with van der Waals surface area (Å²) < 4.78 is 39.0. The molecule has 2 saturated heterocycles. The molecule has 0 saturated carbocycles. The van der Waals surface area contributed by atoms with Crippen molar-refractivity contribution in [1.29, 1.82) is 0 Å². The van der Waals surface area contributed by atoms with Crippen LogP contribution in [0.3, 0.4) is 0 Å². The van der Waals surface area contributed by atoms with Crippen LogP contribution >= 0.6 is 0 Å². The first-order chi connectivity index (χ1) is 13.3. The minimum absolute atomic E-state index is 0.0804. The molecule has 0 N–H and O–H groups in total. The molecule has 3 heterocycles. The fourth-order valence-electron chi connectivity index (χ4n) is 3.54. The molecule has 0 aromatic carbocycles. The van der Waals surface area contributed by atoms with Crippen LogP contribution in [0.15, 0.2) is 4.52 Å². The Labute approximate surface area is 166 Å². The van der Waals surface area contributed by atoms with Gasteiger partial charge >= 0.3 is 0 Å². The van der Waals surface area contributed by atoms with Crippen molar-refractivity contribution in [2.45, 2.75) is 45.6 Å². The molecule has 1 aromatic rings. The molecule has 0 spiro atoms. The third-order valence-electron chi connectivity index (χ3n) is 5.15. The Morgan fingerprint density at radius 3 is 2.57 bits per heavy atom. The molecule has 2 fully saturated rings. The van der Waals surface area contributed by atoms with Crippen molar-refractivity contribution < 1.29 is 22.5 Å². The van der Waals surface area contributed by atoms with Crippen molar-refractivity contribution in [2.24, 2.45) is 0 Å². The monoisotopic (exact) mass is 415 g/mol. The maximum Gasteiger partial charge on any atom is 0.282 e. The highest BCUT2D eigenvalue weighted by Gasteiger charge is 2.38. The Hall–Kier alpha value is -1.56. The van der Waals surface area contributed by atoms with Gasteiger partial charge in [0.15, 0.2) is 5.82 Å². The average Bonchev–Trinajstić information content (AvgIpc) is 3.32. The molecule has 28 heavy (non-hydrogen) atoms. The molecule has 0 aliphatic carbocycles. The second kappa shape index (κ2) is 8.85. The minimum atomic E-state index is -3.52. The fraction of sp³-hybridized carbons (Fsp3) is 0.824. The quantitative estimate of drug-likeness (QED) is 0.627. The maximum absolute atomic E-state index is 12.8. The molecule has 10 nitrogen and oxygen atoms in total. The Balaban J connectivity index is 1.60. The van der Waals surface area contributed by atoms with E-state index in [0.717, 1.165) is 0 Å². The van der Waals surface area contributed by atoms with E-state index in [1.165, 1.54) is 15.5 Å². The third-order valence-corrected chi connectivity index (χ3v) is 7.15. The van der Waals surface area contributed by atoms with Gasteiger partial charge in [-0.15, -0.1) is 0 Å². The van der Waals surface area contributed by atoms with Gasteiger partial charge in [0.2, 0.25) is 11.8 Å². The van der Waals surface area contributed by atoms with Crippen LogP contribution in [-0.2, 0) is 26.2 Å². The molecule has 1 amide bonds. The van der Waals surface area contributed by atoms with Gasteiger partial charge < -0.3 is 14.2 Å². The Morgan fingerprint density at radius 2 is 1.96 bits per heavy atom. The summed E-state index contributed by atoms with van der Waals surface area (Å²) in [7, 11) is -3.52. The number of aromatic nitrogens is 2. The zero-order valence-corrected chi connectivity index (χ0v) is 17.5. The molecular weight excluding hydrogens is 386 g/mol. The van der Waals surface area contributed by atoms with E-state index in [4.69, 9.17) is 9.26 Å². The summed E-state index contributed by atoms with van der Waals surface area (Å²) in [4.78, 5) is 18.3. The second-order valence-electron chi connectivity index (χ2n) is 7.49. The zero-order chi connectivity index (χ0) is 20.3. The molecule has 1 atom stereocenters. The predicted octanol–water partition coefficient (Wildman–Crippen LogP) is 0.235. The van der Waals surface area contributed by atoms with E-state index < -0.39 is 10.2 Å². The van der Waals surface area contributed by atoms with Crippen LogP contribution in [0.1, 0.15) is 44.8 Å². The molecule has 1 aromatic heterocycles. The van der Waals surface area contributed by atoms with Crippen LogP contribution in [0, 0.1) is 0 Å². The van der Waals surface area contributed by atoms with Crippen molar-refractivity contribution in [2.75, 3.05) is 45.9 Å². The molecule has 0 bridgehead atoms. The van der Waals surface area contributed by atoms with E-state index in [0.29, 0.717) is 70.5 Å². The van der Waals surface area contributed by atoms with Crippen molar-refractivity contribution in [1.82, 2.24) is 23.7 Å². The first-order valence-electron chi connectivity index (χ1n) is 9.71. The number of ether oxygens (including phenoxy) is 1. The number of carbonyl (C=O) groups is 1. The maximum atomic E-state index is 12.8. The molecular formula is C17H29N5O5S. The van der Waals surface area contributed by atoms with Gasteiger partial charge in [-0.25, -0.2) is 0 Å². The lowest BCUT2D eigenvalue weighted by Crippen LogP contribution is -2.49. The summed E-state index contributed by atoms with van der Waals surface area (Å²) in [5, 5.41) is 3.96. The van der Waals surface area contributed by atoms with E-state index in [2.05, 4.69) is 10.1 Å². The highest BCUT2D eigenvalue weighted by molar-refractivity contribution is 7.86. The summed E-state index contributed by atoms with van der Waals surface area (Å²) in [5.41, 5.74) is 0. The van der Waals surface area contributed by atoms with Gasteiger partial charge in [0.05, 0.1) is 13.2 Å². The lowest BCUT2D eigenvalue weighted by atomic mass is 10.2. The largest absolute Gasteiger partial charge is 0.379 e. The van der Waals surface area contributed by atoms with Crippen LogP contribution in [0.2, 0.25) is 0 Å². The number of nitrogens with zero attached hydrogens (tertiary/aromatic N) is 5. The van der Waals surface area contributed by atoms with Crippen LogP contribution in [0.25, 0.3) is 0 Å². The number of amides is 1. The molecule has 1 unspecified atom stereocenters. The van der Waals surface area contributed by atoms with Gasteiger partial charge in [0.25, 0.3) is 10.2 Å². The van der Waals surface area contributed by atoms with Crippen LogP contribution in [0.4, 0.5) is 0 Å². The van der Waals surface area contributed by atoms with Gasteiger partial charge in [-0.1, -0.05) is 19.0 Å². The van der Waals surface area contributed by atoms with Gasteiger partial charge in [-0.05, 0) is 6.42 Å². The summed E-state index contributed by atoms with van der Waals surface area (Å²) in [5.74, 6) is 1.21. The summed E-state index contributed by atoms with van der Waals surface area (Å²) in [6.07, 6.45) is 1.09. The second-order valence-corrected chi connectivity index (χ2v) is 9.41. The molecule has 2 aliphatic heterocycles. The topological polar surface area (TPSA) is 109 Å². The summed E-state index contributed by atoms with van der Waals surface area (Å²) in [6, 6.07) is -0.148. The normalized spacial score (nSPS) is 22.1. The third kappa shape index (κ3) is 4.70. The van der Waals surface area contributed by atoms with Crippen molar-refractivity contribution in [3.63, 3.8) is 0 Å². The molecule has 3 rings (SSSR count). The van der Waals surface area contributed by atoms with Crippen molar-refractivity contribution >= 4 is 16.1 Å². The highest BCUT2D eigenvalue weighted by atomic mass is 32.2. The van der Waals surface area contributed by atoms with Gasteiger partial charge in [-0.3, -0.25) is 4.79 Å². The number of carbonyl (C=O) groups excluding carboxylic acids is 1. The summed E-state index contributed by atoms with van der Waals surface area (Å²) >= 11 is 0. The van der Waals surface area contributed by atoms with E-state index in [-0.39, 0.29) is 17.9 Å². The van der Waals surface area contributed by atoms with Crippen LogP contribution in [-0.4, -0.2) is 90.0 Å². The average molecular weight is 416 g/mol. The van der Waals surface area contributed by atoms with E-state index in [1.807, 2.05) is 13.8 Å². The van der Waals surface area contributed by atoms with E-state index in [1.54, 1.807) is 4.90 Å². The number of rotatable bonds is 7. The Morgan fingerprint density at radius 1 is 1.25 bits per heavy atom. The molecule has 158 valence electrons. The lowest BCUT2D eigenvalue weighted by molar-refractivity contribution is -0.130. The van der Waals surface area contributed by atoms with E-state index >= 15 is 0 Å². The SMILES string of the molecule is CC(=O)N(CCc1noc(C(C)C)n1)C1CCN(S(=O)(=O)N2CCOCC2)C1. The summed E-state index contributed by atoms with van der Waals surface area (Å²) in [6.45, 7) is 8.18. The Bertz CT molecular complexity index is 775.